The van der Waals surface area contributed by atoms with Crippen LogP contribution in [0.1, 0.15) is 16.7 Å². The van der Waals surface area contributed by atoms with Crippen molar-refractivity contribution in [2.45, 2.75) is 19.7 Å². The van der Waals surface area contributed by atoms with E-state index in [-0.39, 0.29) is 18.4 Å². The molecule has 1 aliphatic rings. The van der Waals surface area contributed by atoms with Gasteiger partial charge in [-0.25, -0.2) is 9.59 Å². The number of benzene rings is 2. The van der Waals surface area contributed by atoms with Crippen LogP contribution in [-0.4, -0.2) is 21.0 Å². The molecule has 0 saturated carbocycles. The zero-order valence-corrected chi connectivity index (χ0v) is 12.3. The van der Waals surface area contributed by atoms with Crippen molar-refractivity contribution in [1.82, 2.24) is 14.9 Å². The molecule has 0 spiro atoms. The van der Waals surface area contributed by atoms with Crippen molar-refractivity contribution >= 4 is 17.1 Å². The third kappa shape index (κ3) is 2.59. The number of fused-ring (bicyclic) bond motifs is 2. The molecule has 0 aliphatic carbocycles. The zero-order chi connectivity index (χ0) is 15.8. The van der Waals surface area contributed by atoms with E-state index in [1.165, 1.54) is 0 Å². The molecule has 0 fully saturated rings. The van der Waals surface area contributed by atoms with E-state index in [0.29, 0.717) is 13.1 Å². The molecule has 0 bridgehead atoms. The Balaban J connectivity index is 1.47. The molecule has 116 valence electrons. The van der Waals surface area contributed by atoms with Gasteiger partial charge in [-0.3, -0.25) is 4.90 Å². The number of hydrogen-bond acceptors (Lipinski definition) is 3. The van der Waals surface area contributed by atoms with Crippen molar-refractivity contribution in [1.29, 1.82) is 0 Å². The van der Waals surface area contributed by atoms with Gasteiger partial charge in [0.1, 0.15) is 6.61 Å². The first-order valence-electron chi connectivity index (χ1n) is 7.38. The summed E-state index contributed by atoms with van der Waals surface area (Å²) in [6, 6.07) is 13.4. The molecular weight excluding hydrogens is 294 g/mol. The summed E-state index contributed by atoms with van der Waals surface area (Å²) >= 11 is 0. The molecule has 2 N–H and O–H groups in total. The lowest BCUT2D eigenvalue weighted by molar-refractivity contribution is 0.0955. The minimum absolute atomic E-state index is 0.220. The smallest absolute Gasteiger partial charge is 0.410 e. The van der Waals surface area contributed by atoms with Crippen LogP contribution < -0.4 is 5.69 Å². The van der Waals surface area contributed by atoms with Gasteiger partial charge in [0, 0.05) is 13.1 Å². The quantitative estimate of drug-likeness (QED) is 0.763. The van der Waals surface area contributed by atoms with Crippen LogP contribution in [0.3, 0.4) is 0 Å². The highest BCUT2D eigenvalue weighted by Gasteiger charge is 2.25. The minimum atomic E-state index is -0.331. The maximum Gasteiger partial charge on any atom is 0.410 e. The molecule has 1 aromatic heterocycles. The second-order valence-electron chi connectivity index (χ2n) is 5.64. The molecule has 1 amide bonds. The number of H-pyrrole nitrogens is 2. The summed E-state index contributed by atoms with van der Waals surface area (Å²) in [6.45, 7) is 1.25. The summed E-state index contributed by atoms with van der Waals surface area (Å²) in [5, 5.41) is 0. The van der Waals surface area contributed by atoms with E-state index in [9.17, 15) is 9.59 Å². The number of carbonyl (C=O) groups is 1. The van der Waals surface area contributed by atoms with Crippen LogP contribution in [0.4, 0.5) is 4.79 Å². The molecule has 6 heteroatoms. The number of rotatable bonds is 2. The monoisotopic (exact) mass is 309 g/mol. The van der Waals surface area contributed by atoms with E-state index in [1.54, 1.807) is 4.90 Å². The largest absolute Gasteiger partial charge is 0.445 e. The highest BCUT2D eigenvalue weighted by Crippen LogP contribution is 2.26. The first-order valence-corrected chi connectivity index (χ1v) is 7.38. The minimum Gasteiger partial charge on any atom is -0.445 e. The van der Waals surface area contributed by atoms with Gasteiger partial charge in [-0.1, -0.05) is 30.3 Å². The topological polar surface area (TPSA) is 78.2 Å². The number of aromatic nitrogens is 2. The third-order valence-electron chi connectivity index (χ3n) is 4.02. The second kappa shape index (κ2) is 5.31. The summed E-state index contributed by atoms with van der Waals surface area (Å²) < 4.78 is 5.36. The first-order chi connectivity index (χ1) is 11.2. The van der Waals surface area contributed by atoms with Gasteiger partial charge in [0.15, 0.2) is 0 Å². The number of aromatic amines is 2. The molecule has 2 heterocycles. The predicted molar refractivity (Wildman–Crippen MR) is 84.8 cm³/mol. The lowest BCUT2D eigenvalue weighted by Gasteiger charge is -2.15. The molecule has 0 atom stereocenters. The van der Waals surface area contributed by atoms with Gasteiger partial charge in [-0.05, 0) is 28.8 Å². The fourth-order valence-electron chi connectivity index (χ4n) is 2.87. The van der Waals surface area contributed by atoms with Crippen LogP contribution in [0.5, 0.6) is 0 Å². The van der Waals surface area contributed by atoms with Gasteiger partial charge in [0.25, 0.3) is 0 Å². The normalized spacial score (nSPS) is 13.3. The van der Waals surface area contributed by atoms with Gasteiger partial charge in [-0.15, -0.1) is 0 Å². The Hall–Kier alpha value is -3.02. The molecule has 2 aromatic carbocycles. The zero-order valence-electron chi connectivity index (χ0n) is 12.3. The number of nitrogens with one attached hydrogen (secondary N) is 2. The van der Waals surface area contributed by atoms with Crippen molar-refractivity contribution in [3.63, 3.8) is 0 Å². The Morgan fingerprint density at radius 1 is 1.04 bits per heavy atom. The fraction of sp³-hybridized carbons (Fsp3) is 0.176. The number of ether oxygens (including phenoxy) is 1. The van der Waals surface area contributed by atoms with Crippen LogP contribution in [-0.2, 0) is 24.4 Å². The molecule has 3 aromatic rings. The molecule has 0 saturated heterocycles. The van der Waals surface area contributed by atoms with Crippen molar-refractivity contribution in [3.05, 3.63) is 69.6 Å². The second-order valence-corrected chi connectivity index (χ2v) is 5.64. The van der Waals surface area contributed by atoms with E-state index >= 15 is 0 Å². The van der Waals surface area contributed by atoms with Crippen LogP contribution in [0.25, 0.3) is 11.0 Å². The number of hydrogen-bond donors (Lipinski definition) is 2. The third-order valence-corrected chi connectivity index (χ3v) is 4.02. The number of carbonyl (C=O) groups excluding carboxylic acids is 1. The van der Waals surface area contributed by atoms with E-state index in [1.807, 2.05) is 42.5 Å². The van der Waals surface area contributed by atoms with Gasteiger partial charge in [-0.2, -0.15) is 0 Å². The first kappa shape index (κ1) is 13.6. The van der Waals surface area contributed by atoms with Crippen molar-refractivity contribution < 1.29 is 9.53 Å². The van der Waals surface area contributed by atoms with E-state index in [4.69, 9.17) is 4.74 Å². The fourth-order valence-corrected chi connectivity index (χ4v) is 2.87. The number of amides is 1. The number of imidazole rings is 1. The standard InChI is InChI=1S/C17H15N3O3/c21-16-18-14-6-12-8-20(9-13(12)7-15(14)19-16)17(22)23-10-11-4-2-1-3-5-11/h1-7H,8-10H2,(H2,18,19,21). The summed E-state index contributed by atoms with van der Waals surface area (Å²) in [6.07, 6.45) is -0.331. The van der Waals surface area contributed by atoms with E-state index in [2.05, 4.69) is 9.97 Å². The Morgan fingerprint density at radius 2 is 1.65 bits per heavy atom. The average molecular weight is 309 g/mol. The lowest BCUT2D eigenvalue weighted by Crippen LogP contribution is -2.25. The Labute approximate surface area is 131 Å². The summed E-state index contributed by atoms with van der Waals surface area (Å²) in [5.74, 6) is 0. The van der Waals surface area contributed by atoms with Gasteiger partial charge >= 0.3 is 11.8 Å². The lowest BCUT2D eigenvalue weighted by atomic mass is 10.1. The molecule has 6 nitrogen and oxygen atoms in total. The van der Waals surface area contributed by atoms with Crippen LogP contribution in [0, 0.1) is 0 Å². The maximum absolute atomic E-state index is 12.2. The van der Waals surface area contributed by atoms with Crippen molar-refractivity contribution in [2.75, 3.05) is 0 Å². The van der Waals surface area contributed by atoms with E-state index in [0.717, 1.165) is 27.7 Å². The van der Waals surface area contributed by atoms with Gasteiger partial charge in [0.05, 0.1) is 11.0 Å². The predicted octanol–water partition coefficient (Wildman–Crippen LogP) is 2.51. The summed E-state index contributed by atoms with van der Waals surface area (Å²) in [4.78, 5) is 30.6. The highest BCUT2D eigenvalue weighted by atomic mass is 16.6. The van der Waals surface area contributed by atoms with Crippen molar-refractivity contribution in [3.8, 4) is 0 Å². The SMILES string of the molecule is O=C(OCc1ccccc1)N1Cc2cc3[nH]c(=O)[nH]c3cc2C1. The molecular formula is C17H15N3O3. The molecule has 23 heavy (non-hydrogen) atoms. The van der Waals surface area contributed by atoms with Crippen LogP contribution in [0.2, 0.25) is 0 Å². The Bertz CT molecular complexity index is 881. The van der Waals surface area contributed by atoms with Crippen molar-refractivity contribution in [2.24, 2.45) is 0 Å². The Morgan fingerprint density at radius 3 is 2.26 bits per heavy atom. The van der Waals surface area contributed by atoms with E-state index < -0.39 is 0 Å². The van der Waals surface area contributed by atoms with Crippen LogP contribution in [0.15, 0.2) is 47.3 Å². The average Bonchev–Trinajstić information content (AvgIpc) is 3.12. The molecule has 1 aliphatic heterocycles. The maximum atomic E-state index is 12.2. The van der Waals surface area contributed by atoms with Gasteiger partial charge in [0.2, 0.25) is 0 Å². The molecule has 0 unspecified atom stereocenters. The number of nitrogens with zero attached hydrogens (tertiary/aromatic N) is 1. The summed E-state index contributed by atoms with van der Waals surface area (Å²) in [5.41, 5.74) is 4.32. The highest BCUT2D eigenvalue weighted by molar-refractivity contribution is 5.78. The molecule has 4 rings (SSSR count). The Kier molecular flexibility index (Phi) is 3.15. The van der Waals surface area contributed by atoms with Crippen LogP contribution >= 0.6 is 0 Å². The van der Waals surface area contributed by atoms with Gasteiger partial charge < -0.3 is 14.7 Å². The molecule has 0 radical (unpaired) electrons. The summed E-state index contributed by atoms with van der Waals surface area (Å²) in [7, 11) is 0.